The molecule has 94 heavy (non-hydrogen) atoms. The molecule has 11 N–H and O–H groups in total. The first-order valence-corrected chi connectivity index (χ1v) is 36.1. The molecule has 0 amide bonds. The second-order valence-electron chi connectivity index (χ2n) is 32.4. The number of fused-ring (bicyclic) bond motifs is 3. The molecule has 4 saturated carbocycles. The van der Waals surface area contributed by atoms with Gasteiger partial charge in [-0.3, -0.25) is 14.9 Å². The fourth-order valence-electron chi connectivity index (χ4n) is 22.9. The zero-order valence-corrected chi connectivity index (χ0v) is 55.5. The van der Waals surface area contributed by atoms with Crippen molar-refractivity contribution < 1.29 is 44.3 Å². The Kier molecular flexibility index (Phi) is 15.5. The second kappa shape index (κ2) is 23.3. The maximum atomic E-state index is 17.1. The lowest BCUT2D eigenvalue weighted by atomic mass is 9.43. The van der Waals surface area contributed by atoms with E-state index >= 15 is 14.4 Å². The van der Waals surface area contributed by atoms with Crippen molar-refractivity contribution in [1.29, 1.82) is 0 Å². The number of rotatable bonds is 8. The van der Waals surface area contributed by atoms with Gasteiger partial charge in [-0.25, -0.2) is 4.79 Å². The molecule has 2 aromatic rings. The summed E-state index contributed by atoms with van der Waals surface area (Å²) in [5, 5.41) is 67.4. The van der Waals surface area contributed by atoms with Gasteiger partial charge in [-0.2, -0.15) is 0 Å². The van der Waals surface area contributed by atoms with Crippen molar-refractivity contribution in [2.45, 2.75) is 221 Å². The average molecular weight is 1280 g/mol. The number of aromatic hydroxyl groups is 1. The number of allylic oxidation sites excluding steroid dienone is 8. The van der Waals surface area contributed by atoms with Gasteiger partial charge in [-0.05, 0) is 234 Å². The number of epoxide rings is 1. The van der Waals surface area contributed by atoms with E-state index in [0.29, 0.717) is 94.2 Å². The molecule has 0 aromatic heterocycles. The molecule has 13 bridgehead atoms. The van der Waals surface area contributed by atoms with Crippen LogP contribution in [0.4, 0.5) is 0 Å². The number of aliphatic hydroxyl groups is 3. The van der Waals surface area contributed by atoms with Gasteiger partial charge in [0.1, 0.15) is 17.7 Å². The number of ether oxygens (including phenoxy) is 2. The Bertz CT molecular complexity index is 3790. The highest BCUT2D eigenvalue weighted by Crippen LogP contribution is 2.73. The van der Waals surface area contributed by atoms with Gasteiger partial charge in [0.2, 0.25) is 5.78 Å². The lowest BCUT2D eigenvalue weighted by Crippen LogP contribution is -2.69. The summed E-state index contributed by atoms with van der Waals surface area (Å²) in [4.78, 5) is 50.2. The molecule has 15 heteroatoms. The van der Waals surface area contributed by atoms with Gasteiger partial charge < -0.3 is 56.9 Å². The van der Waals surface area contributed by atoms with Crippen molar-refractivity contribution >= 4 is 17.5 Å². The fraction of sp³-hybridized carbons (Fsp3) is 0.608. The number of hydrogen-bond donors (Lipinski definition) is 10. The number of phenolic OH excluding ortho intramolecular Hbond substituents is 1. The van der Waals surface area contributed by atoms with Gasteiger partial charge in [-0.15, -0.1) is 5.92 Å². The summed E-state index contributed by atoms with van der Waals surface area (Å²) in [5.74, 6) is 5.71. The number of Topliss-reactive ketones (excluding diaryl/α,β-unsaturated/α-hetero) is 2. The van der Waals surface area contributed by atoms with Crippen LogP contribution >= 0.6 is 0 Å². The summed E-state index contributed by atoms with van der Waals surface area (Å²) < 4.78 is 14.7. The van der Waals surface area contributed by atoms with Gasteiger partial charge in [0.25, 0.3) is 5.60 Å². The SMILES string of the molecule is CNC1CCC2=C(NCC=C2CCC(C)=C(CO)CC23OC24C(=O)OC2C5CC(O)C67CC8(CCC(O)C8)CC6CC#CC(C)NC68C=C9C=CCC(CCCCC(C)(CC%10=CNC(N)C(=C%10)C(c%10cccc(O)c%10)CC7C5C6)Cc5cccc(c5C4=O)C3=O)C9CC28)N1. The zero-order chi connectivity index (χ0) is 64.8. The number of aliphatic hydroxyl groups excluding tert-OH is 3. The highest BCUT2D eigenvalue weighted by molar-refractivity contribution is 6.33. The normalized spacial score (nSPS) is 42.6. The number of dihydropyridines is 2. The van der Waals surface area contributed by atoms with Crippen LogP contribution in [0.15, 0.2) is 124 Å². The van der Waals surface area contributed by atoms with Crippen molar-refractivity contribution in [3.8, 4) is 17.6 Å². The lowest BCUT2D eigenvalue weighted by Gasteiger charge is -2.64. The first-order valence-electron chi connectivity index (χ1n) is 36.1. The molecular formula is C79H98N6O9. The Morgan fingerprint density at radius 2 is 1.82 bits per heavy atom. The summed E-state index contributed by atoms with van der Waals surface area (Å²) in [6.45, 7) is 6.74. The van der Waals surface area contributed by atoms with Gasteiger partial charge in [0, 0.05) is 65.4 Å². The summed E-state index contributed by atoms with van der Waals surface area (Å²) >= 11 is 0. The first kappa shape index (κ1) is 62.7. The number of nitrogens with one attached hydrogen (secondary N) is 5. The zero-order valence-electron chi connectivity index (χ0n) is 55.5. The van der Waals surface area contributed by atoms with Crippen LogP contribution < -0.4 is 32.3 Å². The summed E-state index contributed by atoms with van der Waals surface area (Å²) in [5.41, 5.74) is 10.2. The van der Waals surface area contributed by atoms with Crippen LogP contribution in [0.5, 0.6) is 5.75 Å². The van der Waals surface area contributed by atoms with E-state index in [1.54, 1.807) is 12.1 Å². The molecule has 20 atom stereocenters. The Hall–Kier alpha value is -6.09. The van der Waals surface area contributed by atoms with Crippen LogP contribution in [-0.4, -0.2) is 112 Å². The van der Waals surface area contributed by atoms with Crippen molar-refractivity contribution in [2.75, 3.05) is 20.2 Å². The first-order chi connectivity index (χ1) is 45.3. The smallest absolute Gasteiger partial charge is 0.350 e. The summed E-state index contributed by atoms with van der Waals surface area (Å²) in [6, 6.07) is 12.9. The molecular weight excluding hydrogens is 1180 g/mol. The number of hydrogen-bond acceptors (Lipinski definition) is 15. The molecule has 0 radical (unpaired) electrons. The van der Waals surface area contributed by atoms with Crippen LogP contribution in [0.1, 0.15) is 193 Å². The second-order valence-corrected chi connectivity index (χ2v) is 32.4. The van der Waals surface area contributed by atoms with Crippen molar-refractivity contribution in [3.05, 3.63) is 146 Å². The average Bonchev–Trinajstić information content (AvgIpc) is 1.46. The van der Waals surface area contributed by atoms with Gasteiger partial charge in [0.05, 0.1) is 37.2 Å². The number of carbonyl (C=O) groups is 3. The highest BCUT2D eigenvalue weighted by Gasteiger charge is 2.86. The number of benzene rings is 2. The van der Waals surface area contributed by atoms with Crippen LogP contribution in [0.2, 0.25) is 0 Å². The predicted molar refractivity (Wildman–Crippen MR) is 359 cm³/mol. The van der Waals surface area contributed by atoms with Gasteiger partial charge >= 0.3 is 5.97 Å². The van der Waals surface area contributed by atoms with E-state index in [2.05, 4.69) is 94.9 Å². The molecule has 7 aliphatic heterocycles. The highest BCUT2D eigenvalue weighted by atomic mass is 16.7. The number of esters is 1. The third-order valence-electron chi connectivity index (χ3n) is 27.1. The third-order valence-corrected chi connectivity index (χ3v) is 27.1. The summed E-state index contributed by atoms with van der Waals surface area (Å²) in [7, 11) is 1.96. The minimum Gasteiger partial charge on any atom is -0.508 e. The monoisotopic (exact) mass is 1270 g/mol. The topological polar surface area (TPSA) is 240 Å². The van der Waals surface area contributed by atoms with E-state index in [-0.39, 0.29) is 76.4 Å². The van der Waals surface area contributed by atoms with Crippen LogP contribution in [0.25, 0.3) is 0 Å². The van der Waals surface area contributed by atoms with Gasteiger partial charge in [0.15, 0.2) is 11.4 Å². The van der Waals surface area contributed by atoms with Crippen molar-refractivity contribution in [3.63, 3.8) is 0 Å². The molecule has 1 saturated heterocycles. The minimum absolute atomic E-state index is 0.0342. The van der Waals surface area contributed by atoms with Crippen LogP contribution in [-0.2, 0) is 20.7 Å². The Balaban J connectivity index is 0.906. The molecule has 14 aliphatic rings. The molecule has 4 spiro atoms. The molecule has 7 aliphatic carbocycles. The van der Waals surface area contributed by atoms with Gasteiger partial charge in [-0.1, -0.05) is 92.0 Å². The number of ketones is 2. The van der Waals surface area contributed by atoms with E-state index in [1.165, 1.54) is 16.7 Å². The maximum absolute atomic E-state index is 17.1. The quantitative estimate of drug-likeness (QED) is 0.0389. The van der Waals surface area contributed by atoms with Crippen LogP contribution in [0.3, 0.4) is 0 Å². The van der Waals surface area contributed by atoms with Crippen LogP contribution in [0, 0.1) is 69.5 Å². The molecule has 498 valence electrons. The molecule has 7 heterocycles. The predicted octanol–water partition coefficient (Wildman–Crippen LogP) is 9.95. The van der Waals surface area contributed by atoms with E-state index in [1.807, 2.05) is 38.2 Å². The Morgan fingerprint density at radius 1 is 0.957 bits per heavy atom. The third kappa shape index (κ3) is 9.92. The maximum Gasteiger partial charge on any atom is 0.350 e. The minimum atomic E-state index is -2.38. The Morgan fingerprint density at radius 3 is 2.64 bits per heavy atom. The van der Waals surface area contributed by atoms with E-state index in [0.717, 1.165) is 92.3 Å². The summed E-state index contributed by atoms with van der Waals surface area (Å²) in [6.07, 6.45) is 26.6. The number of nitrogens with two attached hydrogens (primary N) is 1. The standard InChI is InChI=1S/C79H98N6O9/c1-44(20-21-48-25-28-82-72-56(48)22-23-66(81-4)84-72)52(42-86)37-78-69(90)57-19-10-16-51-35-74(3)26-6-5-12-47-13-8-15-50-36-76-40-62-60(68(64(76)31-58(47)50)93-73(92)79(78,94-78)70(91)67(51)57)33-65(89)77(43-75(27-24-55(88)39-75)38-53(77)17-7-11-45(2)85-76)63(62)32-59(49-14-9-18-54(87)30-49)61-29-46(34-74)41-83-71(61)80/h8-10,14-16,18-19,25,29-30,36,41,45,47,53,55,58-60,62-66,68,71,81-89H,5-6,12-13,17,20-24,26-28,31-35,37-40,42-43,80H2,1-4H3. The number of phenols is 1. The van der Waals surface area contributed by atoms with E-state index in [9.17, 15) is 20.4 Å². The number of carbonyl (C=O) groups excluding carboxylic acids is 3. The van der Waals surface area contributed by atoms with E-state index < -0.39 is 82.1 Å². The Labute approximate surface area is 554 Å². The molecule has 5 fully saturated rings. The molecule has 2 aromatic carbocycles. The lowest BCUT2D eigenvalue weighted by molar-refractivity contribution is -0.205. The molecule has 20 unspecified atom stereocenters. The van der Waals surface area contributed by atoms with Crippen molar-refractivity contribution in [1.82, 2.24) is 26.6 Å². The fourth-order valence-corrected chi connectivity index (χ4v) is 22.9. The molecule has 16 rings (SSSR count). The largest absolute Gasteiger partial charge is 0.508 e. The molecule has 15 nitrogen and oxygen atoms in total. The van der Waals surface area contributed by atoms with Crippen molar-refractivity contribution in [2.24, 2.45) is 63.4 Å². The van der Waals surface area contributed by atoms with E-state index in [4.69, 9.17) is 15.2 Å².